The van der Waals surface area contributed by atoms with E-state index in [1.54, 1.807) is 18.2 Å². The second-order valence-electron chi connectivity index (χ2n) is 4.67. The van der Waals surface area contributed by atoms with Crippen molar-refractivity contribution in [3.63, 3.8) is 0 Å². The lowest BCUT2D eigenvalue weighted by atomic mass is 10.2. The molecule has 4 N–H and O–H groups in total. The van der Waals surface area contributed by atoms with E-state index in [-0.39, 0.29) is 12.5 Å². The number of aliphatic hydroxyl groups is 1. The fourth-order valence-electron chi connectivity index (χ4n) is 1.65. The molecule has 0 aliphatic heterocycles. The first-order valence-corrected chi connectivity index (χ1v) is 7.49. The van der Waals surface area contributed by atoms with Crippen LogP contribution < -0.4 is 15.8 Å². The van der Waals surface area contributed by atoms with Crippen molar-refractivity contribution in [2.45, 2.75) is 25.4 Å². The predicted molar refractivity (Wildman–Crippen MR) is 83.9 cm³/mol. The number of primary amides is 1. The number of carbonyl (C=O) groups is 1. The highest BCUT2D eigenvalue weighted by Gasteiger charge is 2.07. The SMILES string of the molecule is NC(=O)CCCCNCC(O)COc1cc(Cl)ccc1Cl. The van der Waals surface area contributed by atoms with Gasteiger partial charge in [-0.25, -0.2) is 0 Å². The summed E-state index contributed by atoms with van der Waals surface area (Å²) >= 11 is 11.8. The van der Waals surface area contributed by atoms with E-state index in [0.717, 1.165) is 12.8 Å². The monoisotopic (exact) mass is 334 g/mol. The molecule has 5 nitrogen and oxygen atoms in total. The van der Waals surface area contributed by atoms with Gasteiger partial charge in [0.25, 0.3) is 0 Å². The van der Waals surface area contributed by atoms with Crippen LogP contribution in [0.5, 0.6) is 5.75 Å². The number of nitrogens with one attached hydrogen (secondary N) is 1. The number of nitrogens with two attached hydrogens (primary N) is 1. The summed E-state index contributed by atoms with van der Waals surface area (Å²) in [6, 6.07) is 4.91. The molecule has 0 spiro atoms. The zero-order valence-electron chi connectivity index (χ0n) is 11.6. The highest BCUT2D eigenvalue weighted by atomic mass is 35.5. The molecule has 0 aliphatic rings. The van der Waals surface area contributed by atoms with E-state index in [4.69, 9.17) is 33.7 Å². The van der Waals surface area contributed by atoms with E-state index in [1.165, 1.54) is 0 Å². The number of hydrogen-bond acceptors (Lipinski definition) is 4. The van der Waals surface area contributed by atoms with Crippen molar-refractivity contribution in [3.8, 4) is 5.75 Å². The van der Waals surface area contributed by atoms with Gasteiger partial charge in [0.1, 0.15) is 18.5 Å². The van der Waals surface area contributed by atoms with Crippen LogP contribution in [-0.4, -0.2) is 36.8 Å². The summed E-state index contributed by atoms with van der Waals surface area (Å²) in [6.07, 6.45) is 1.31. The first-order valence-electron chi connectivity index (χ1n) is 6.74. The third kappa shape index (κ3) is 8.12. The number of amides is 1. The van der Waals surface area contributed by atoms with Crippen LogP contribution in [0.3, 0.4) is 0 Å². The summed E-state index contributed by atoms with van der Waals surface area (Å²) in [6.45, 7) is 1.23. The van der Waals surface area contributed by atoms with Gasteiger partial charge in [0.15, 0.2) is 0 Å². The number of hydrogen-bond donors (Lipinski definition) is 3. The normalized spacial score (nSPS) is 12.1. The zero-order chi connectivity index (χ0) is 15.7. The molecule has 0 aliphatic carbocycles. The Labute approximate surface area is 134 Å². The van der Waals surface area contributed by atoms with E-state index >= 15 is 0 Å². The van der Waals surface area contributed by atoms with Gasteiger partial charge in [0.05, 0.1) is 5.02 Å². The number of carbonyl (C=O) groups excluding carboxylic acids is 1. The van der Waals surface area contributed by atoms with Crippen LogP contribution in [0.4, 0.5) is 0 Å². The molecule has 0 heterocycles. The maximum absolute atomic E-state index is 10.5. The van der Waals surface area contributed by atoms with Crippen LogP contribution in [0.1, 0.15) is 19.3 Å². The Kier molecular flexibility index (Phi) is 8.45. The number of aliphatic hydroxyl groups excluding tert-OH is 1. The largest absolute Gasteiger partial charge is 0.489 e. The van der Waals surface area contributed by atoms with Gasteiger partial charge in [-0.15, -0.1) is 0 Å². The number of ether oxygens (including phenoxy) is 1. The molecule has 0 bridgehead atoms. The molecular formula is C14H20Cl2N2O3. The van der Waals surface area contributed by atoms with Crippen molar-refractivity contribution >= 4 is 29.1 Å². The van der Waals surface area contributed by atoms with Gasteiger partial charge in [-0.1, -0.05) is 23.2 Å². The Morgan fingerprint density at radius 3 is 2.86 bits per heavy atom. The minimum Gasteiger partial charge on any atom is -0.489 e. The van der Waals surface area contributed by atoms with Gasteiger partial charge in [0.2, 0.25) is 5.91 Å². The van der Waals surface area contributed by atoms with Gasteiger partial charge in [-0.05, 0) is 31.5 Å². The number of halogens is 2. The highest BCUT2D eigenvalue weighted by Crippen LogP contribution is 2.27. The van der Waals surface area contributed by atoms with Crippen molar-refractivity contribution in [2.75, 3.05) is 19.7 Å². The van der Waals surface area contributed by atoms with Gasteiger partial charge in [-0.2, -0.15) is 0 Å². The Morgan fingerprint density at radius 1 is 1.38 bits per heavy atom. The second kappa shape index (κ2) is 9.84. The Balaban J connectivity index is 2.15. The summed E-state index contributed by atoms with van der Waals surface area (Å²) in [5.74, 6) is 0.159. The molecule has 1 aromatic carbocycles. The molecule has 0 saturated carbocycles. The van der Waals surface area contributed by atoms with Gasteiger partial charge < -0.3 is 20.9 Å². The molecule has 1 aromatic rings. The lowest BCUT2D eigenvalue weighted by Gasteiger charge is -2.14. The molecule has 0 aromatic heterocycles. The zero-order valence-corrected chi connectivity index (χ0v) is 13.2. The predicted octanol–water partition coefficient (Wildman–Crippen LogP) is 1.98. The third-order valence-corrected chi connectivity index (χ3v) is 3.28. The molecule has 0 radical (unpaired) electrons. The molecule has 1 amide bonds. The molecule has 21 heavy (non-hydrogen) atoms. The topological polar surface area (TPSA) is 84.6 Å². The van der Waals surface area contributed by atoms with Crippen molar-refractivity contribution in [2.24, 2.45) is 5.73 Å². The molecule has 1 atom stereocenters. The summed E-state index contributed by atoms with van der Waals surface area (Å²) in [5, 5.41) is 13.8. The number of benzene rings is 1. The summed E-state index contributed by atoms with van der Waals surface area (Å²) in [7, 11) is 0. The fourth-order valence-corrected chi connectivity index (χ4v) is 1.98. The van der Waals surface area contributed by atoms with Crippen molar-refractivity contribution in [3.05, 3.63) is 28.2 Å². The number of unbranched alkanes of at least 4 members (excludes halogenated alkanes) is 1. The molecule has 1 rings (SSSR count). The van der Waals surface area contributed by atoms with Crippen LogP contribution in [0.25, 0.3) is 0 Å². The molecule has 118 valence electrons. The van der Waals surface area contributed by atoms with E-state index < -0.39 is 6.10 Å². The smallest absolute Gasteiger partial charge is 0.217 e. The van der Waals surface area contributed by atoms with E-state index in [0.29, 0.717) is 35.3 Å². The van der Waals surface area contributed by atoms with Crippen LogP contribution in [-0.2, 0) is 4.79 Å². The second-order valence-corrected chi connectivity index (χ2v) is 5.51. The van der Waals surface area contributed by atoms with Crippen LogP contribution in [0.15, 0.2) is 18.2 Å². The number of rotatable bonds is 10. The highest BCUT2D eigenvalue weighted by molar-refractivity contribution is 6.34. The average molecular weight is 335 g/mol. The minimum absolute atomic E-state index is 0.119. The summed E-state index contributed by atoms with van der Waals surface area (Å²) in [4.78, 5) is 10.5. The quantitative estimate of drug-likeness (QED) is 0.571. The Morgan fingerprint density at radius 2 is 2.14 bits per heavy atom. The molecular weight excluding hydrogens is 315 g/mol. The average Bonchev–Trinajstić information content (AvgIpc) is 2.43. The van der Waals surface area contributed by atoms with E-state index in [9.17, 15) is 9.90 Å². The Hall–Kier alpha value is -1.01. The van der Waals surface area contributed by atoms with E-state index in [1.807, 2.05) is 0 Å². The van der Waals surface area contributed by atoms with Crippen LogP contribution >= 0.6 is 23.2 Å². The van der Waals surface area contributed by atoms with E-state index in [2.05, 4.69) is 5.32 Å². The van der Waals surface area contributed by atoms with Gasteiger partial charge in [0, 0.05) is 24.1 Å². The lowest BCUT2D eigenvalue weighted by molar-refractivity contribution is -0.118. The molecule has 1 unspecified atom stereocenters. The molecule has 0 saturated heterocycles. The van der Waals surface area contributed by atoms with Crippen molar-refractivity contribution in [1.29, 1.82) is 0 Å². The minimum atomic E-state index is -0.656. The Bertz CT molecular complexity index is 458. The fraction of sp³-hybridized carbons (Fsp3) is 0.500. The lowest BCUT2D eigenvalue weighted by Crippen LogP contribution is -2.32. The maximum atomic E-state index is 10.5. The summed E-state index contributed by atoms with van der Waals surface area (Å²) in [5.41, 5.74) is 5.04. The molecule has 0 fully saturated rings. The standard InChI is InChI=1S/C14H20Cl2N2O3/c15-10-4-5-12(16)13(7-10)21-9-11(19)8-18-6-2-1-3-14(17)20/h4-5,7,11,18-19H,1-3,6,8-9H2,(H2,17,20). The van der Waals surface area contributed by atoms with Gasteiger partial charge in [-0.3, -0.25) is 4.79 Å². The maximum Gasteiger partial charge on any atom is 0.217 e. The third-order valence-electron chi connectivity index (χ3n) is 2.73. The van der Waals surface area contributed by atoms with Crippen LogP contribution in [0.2, 0.25) is 10.0 Å². The first kappa shape index (κ1) is 18.0. The van der Waals surface area contributed by atoms with Crippen molar-refractivity contribution < 1.29 is 14.6 Å². The molecule has 7 heteroatoms. The van der Waals surface area contributed by atoms with Crippen LogP contribution in [0, 0.1) is 0 Å². The van der Waals surface area contributed by atoms with Crippen molar-refractivity contribution in [1.82, 2.24) is 5.32 Å². The van der Waals surface area contributed by atoms with Gasteiger partial charge >= 0.3 is 0 Å². The first-order chi connectivity index (χ1) is 9.99. The summed E-state index contributed by atoms with van der Waals surface area (Å²) < 4.78 is 5.42.